The second-order valence-corrected chi connectivity index (χ2v) is 11.5. The van der Waals surface area contributed by atoms with Crippen molar-refractivity contribution >= 4 is 17.6 Å². The summed E-state index contributed by atoms with van der Waals surface area (Å²) in [6.07, 6.45) is -1.29. The van der Waals surface area contributed by atoms with Crippen molar-refractivity contribution in [2.24, 2.45) is 0 Å². The minimum atomic E-state index is -4.53. The number of imidazole rings is 1. The molecule has 6 rings (SSSR count). The molecule has 0 atom stereocenters. The fraction of sp³-hybridized carbons (Fsp3) is 0.216. The van der Waals surface area contributed by atoms with E-state index in [2.05, 4.69) is 15.6 Å². The Morgan fingerprint density at radius 3 is 2.13 bits per heavy atom. The summed E-state index contributed by atoms with van der Waals surface area (Å²) in [5.74, 6) is 1.05. The molecule has 240 valence electrons. The van der Waals surface area contributed by atoms with Crippen LogP contribution in [0.4, 0.5) is 19.0 Å². The lowest BCUT2D eigenvalue weighted by atomic mass is 9.73. The topological polar surface area (TPSA) is 85.2 Å². The Bertz CT molecular complexity index is 1860. The molecule has 1 aliphatic rings. The minimum Gasteiger partial charge on any atom is -0.457 e. The summed E-state index contributed by atoms with van der Waals surface area (Å²) in [6.45, 7) is 0.965. The molecule has 0 spiro atoms. The Hall–Kier alpha value is -5.38. The van der Waals surface area contributed by atoms with E-state index >= 15 is 0 Å². The molecule has 0 fully saturated rings. The number of ether oxygens (including phenoxy) is 1. The lowest BCUT2D eigenvalue weighted by Crippen LogP contribution is -2.47. The SMILES string of the molecule is Cc1nc(NC(=O)c2ccccc2Oc2ccccc2)cn1CCCCC1(C(=O)NCC(F)(F)F)c2ccccc2-c2ccccc21. The largest absolute Gasteiger partial charge is 0.457 e. The fourth-order valence-electron chi connectivity index (χ4n) is 6.29. The Kier molecular flexibility index (Phi) is 8.84. The molecule has 2 amide bonds. The zero-order valence-corrected chi connectivity index (χ0v) is 25.7. The fourth-order valence-corrected chi connectivity index (χ4v) is 6.29. The van der Waals surface area contributed by atoms with Gasteiger partial charge in [0.2, 0.25) is 5.91 Å². The van der Waals surface area contributed by atoms with Gasteiger partial charge in [0.25, 0.3) is 5.91 Å². The predicted octanol–water partition coefficient (Wildman–Crippen LogP) is 8.05. The van der Waals surface area contributed by atoms with Crippen LogP contribution in [0.1, 0.15) is 46.6 Å². The molecule has 1 heterocycles. The van der Waals surface area contributed by atoms with Crippen LogP contribution in [0.15, 0.2) is 109 Å². The maximum absolute atomic E-state index is 13.7. The monoisotopic (exact) mass is 638 g/mol. The molecule has 7 nitrogen and oxygen atoms in total. The molecular formula is C37H33F3N4O3. The molecule has 0 bridgehead atoms. The van der Waals surface area contributed by atoms with Gasteiger partial charge >= 0.3 is 6.18 Å². The average molecular weight is 639 g/mol. The number of aryl methyl sites for hydroxylation is 2. The number of rotatable bonds is 11. The first kappa shape index (κ1) is 31.6. The molecule has 47 heavy (non-hydrogen) atoms. The van der Waals surface area contributed by atoms with Gasteiger partial charge in [0.05, 0.1) is 5.56 Å². The molecule has 1 aliphatic carbocycles. The molecule has 0 aliphatic heterocycles. The van der Waals surface area contributed by atoms with Crippen molar-refractivity contribution in [2.75, 3.05) is 11.9 Å². The van der Waals surface area contributed by atoms with Crippen LogP contribution < -0.4 is 15.4 Å². The first-order valence-corrected chi connectivity index (χ1v) is 15.4. The number of fused-ring (bicyclic) bond motifs is 3. The summed E-state index contributed by atoms with van der Waals surface area (Å²) >= 11 is 0. The summed E-state index contributed by atoms with van der Waals surface area (Å²) in [5.41, 5.74) is 2.23. The number of aromatic nitrogens is 2. The Morgan fingerprint density at radius 1 is 0.830 bits per heavy atom. The third-order valence-corrected chi connectivity index (χ3v) is 8.42. The summed E-state index contributed by atoms with van der Waals surface area (Å²) in [6, 6.07) is 31.0. The van der Waals surface area contributed by atoms with E-state index in [1.165, 1.54) is 0 Å². The number of benzene rings is 4. The highest BCUT2D eigenvalue weighted by molar-refractivity contribution is 6.05. The Balaban J connectivity index is 1.15. The van der Waals surface area contributed by atoms with Gasteiger partial charge < -0.3 is 19.9 Å². The van der Waals surface area contributed by atoms with Crippen LogP contribution in [0.3, 0.4) is 0 Å². The van der Waals surface area contributed by atoms with Gasteiger partial charge in [0.15, 0.2) is 5.82 Å². The van der Waals surface area contributed by atoms with Crippen LogP contribution >= 0.6 is 0 Å². The lowest BCUT2D eigenvalue weighted by Gasteiger charge is -2.31. The number of nitrogens with one attached hydrogen (secondary N) is 2. The lowest BCUT2D eigenvalue weighted by molar-refractivity contribution is -0.141. The molecular weight excluding hydrogens is 605 g/mol. The Morgan fingerprint density at radius 2 is 1.45 bits per heavy atom. The van der Waals surface area contributed by atoms with Crippen molar-refractivity contribution in [2.45, 2.75) is 44.3 Å². The predicted molar refractivity (Wildman–Crippen MR) is 173 cm³/mol. The minimum absolute atomic E-state index is 0.320. The van der Waals surface area contributed by atoms with Gasteiger partial charge in [-0.2, -0.15) is 13.2 Å². The van der Waals surface area contributed by atoms with Gasteiger partial charge in [-0.3, -0.25) is 9.59 Å². The first-order valence-electron chi connectivity index (χ1n) is 15.4. The standard InChI is InChI=1S/C37H33F3N4O3/c1-25-42-33(43-34(45)29-17-7-10-20-32(29)47-26-13-3-2-4-14-26)23-44(25)22-12-11-21-36(35(46)41-24-37(38,39)40)30-18-8-5-15-27(30)28-16-6-9-19-31(28)36/h2-10,13-20,23H,11-12,21-22,24H2,1H3,(H,41,46)(H,43,45). The van der Waals surface area contributed by atoms with Crippen molar-refractivity contribution in [1.82, 2.24) is 14.9 Å². The average Bonchev–Trinajstić information content (AvgIpc) is 3.56. The van der Waals surface area contributed by atoms with Gasteiger partial charge in [-0.25, -0.2) is 4.98 Å². The van der Waals surface area contributed by atoms with Crippen LogP contribution in [0, 0.1) is 6.92 Å². The second-order valence-electron chi connectivity index (χ2n) is 11.5. The van der Waals surface area contributed by atoms with E-state index in [0.29, 0.717) is 65.6 Å². The summed E-state index contributed by atoms with van der Waals surface area (Å²) < 4.78 is 47.4. The van der Waals surface area contributed by atoms with Crippen molar-refractivity contribution < 1.29 is 27.5 Å². The van der Waals surface area contributed by atoms with E-state index in [4.69, 9.17) is 4.74 Å². The molecule has 0 saturated carbocycles. The van der Waals surface area contributed by atoms with E-state index in [0.717, 1.165) is 11.1 Å². The molecule has 4 aromatic carbocycles. The van der Waals surface area contributed by atoms with Crippen molar-refractivity contribution in [3.63, 3.8) is 0 Å². The van der Waals surface area contributed by atoms with Gasteiger partial charge in [0.1, 0.15) is 29.3 Å². The molecule has 1 aromatic heterocycles. The number of carbonyl (C=O) groups is 2. The molecule has 0 unspecified atom stereocenters. The second kappa shape index (κ2) is 13.2. The van der Waals surface area contributed by atoms with E-state index in [-0.39, 0.29) is 5.91 Å². The van der Waals surface area contributed by atoms with Crippen LogP contribution in [0.5, 0.6) is 11.5 Å². The molecule has 0 radical (unpaired) electrons. The highest BCUT2D eigenvalue weighted by Gasteiger charge is 2.49. The number of anilines is 1. The highest BCUT2D eigenvalue weighted by atomic mass is 19.4. The van der Waals surface area contributed by atoms with Crippen molar-refractivity contribution in [1.29, 1.82) is 0 Å². The Labute approximate surface area is 270 Å². The summed E-state index contributed by atoms with van der Waals surface area (Å²) in [5, 5.41) is 5.03. The summed E-state index contributed by atoms with van der Waals surface area (Å²) in [4.78, 5) is 31.5. The normalized spacial score (nSPS) is 13.0. The van der Waals surface area contributed by atoms with E-state index < -0.39 is 24.0 Å². The zero-order chi connectivity index (χ0) is 33.0. The maximum atomic E-state index is 13.7. The molecule has 10 heteroatoms. The number of unbranched alkanes of at least 4 members (excludes halogenated alkanes) is 1. The zero-order valence-electron chi connectivity index (χ0n) is 25.7. The molecule has 2 N–H and O–H groups in total. The van der Waals surface area contributed by atoms with Crippen molar-refractivity contribution in [3.8, 4) is 22.6 Å². The number of amides is 2. The van der Waals surface area contributed by atoms with E-state index in [1.807, 2.05) is 78.2 Å². The number of hydrogen-bond donors (Lipinski definition) is 2. The quantitative estimate of drug-likeness (QED) is 0.143. The number of para-hydroxylation sites is 2. The van der Waals surface area contributed by atoms with Crippen LogP contribution in [0.25, 0.3) is 11.1 Å². The van der Waals surface area contributed by atoms with Crippen molar-refractivity contribution in [3.05, 3.63) is 132 Å². The third-order valence-electron chi connectivity index (χ3n) is 8.42. The first-order chi connectivity index (χ1) is 22.7. The van der Waals surface area contributed by atoms with Gasteiger partial charge in [0, 0.05) is 12.7 Å². The van der Waals surface area contributed by atoms with Gasteiger partial charge in [-0.15, -0.1) is 0 Å². The third kappa shape index (κ3) is 6.63. The number of halogens is 3. The molecule has 5 aromatic rings. The number of hydrogen-bond acceptors (Lipinski definition) is 4. The van der Waals surface area contributed by atoms with Gasteiger partial charge in [-0.1, -0.05) is 78.9 Å². The van der Waals surface area contributed by atoms with E-state index in [9.17, 15) is 22.8 Å². The summed E-state index contributed by atoms with van der Waals surface area (Å²) in [7, 11) is 0. The number of carbonyl (C=O) groups excluding carboxylic acids is 2. The van der Waals surface area contributed by atoms with Crippen LogP contribution in [-0.4, -0.2) is 34.1 Å². The maximum Gasteiger partial charge on any atom is 0.405 e. The highest BCUT2D eigenvalue weighted by Crippen LogP contribution is 2.51. The number of nitrogens with zero attached hydrogens (tertiary/aromatic N) is 2. The molecule has 0 saturated heterocycles. The van der Waals surface area contributed by atoms with Crippen LogP contribution in [0.2, 0.25) is 0 Å². The number of alkyl halides is 3. The van der Waals surface area contributed by atoms with Crippen LogP contribution in [-0.2, 0) is 16.8 Å². The van der Waals surface area contributed by atoms with E-state index in [1.54, 1.807) is 42.6 Å². The van der Waals surface area contributed by atoms with Gasteiger partial charge in [-0.05, 0) is 72.7 Å². The smallest absolute Gasteiger partial charge is 0.405 e.